The molecule has 1 atom stereocenters. The van der Waals surface area contributed by atoms with Gasteiger partial charge in [-0.15, -0.1) is 0 Å². The molecule has 0 spiro atoms. The molecular weight excluding hydrogens is 344 g/mol. The Morgan fingerprint density at radius 2 is 1.95 bits per heavy atom. The lowest BCUT2D eigenvalue weighted by molar-refractivity contribution is 0.0857. The van der Waals surface area contributed by atoms with Crippen LogP contribution in [0, 0.1) is 0 Å². The van der Waals surface area contributed by atoms with E-state index in [1.807, 2.05) is 36.4 Å². The standard InChI is InChI=1S/C17H17BrN2O2/c18-17-8-4-7-14(19-17)11-21-12-15-10-16(22-20-15)9-13-5-2-1-3-6-13/h1-8,16H,9-12H2. The Morgan fingerprint density at radius 3 is 2.77 bits per heavy atom. The summed E-state index contributed by atoms with van der Waals surface area (Å²) in [5.41, 5.74) is 3.12. The van der Waals surface area contributed by atoms with Crippen molar-refractivity contribution >= 4 is 21.6 Å². The maximum atomic E-state index is 5.66. The number of hydrogen-bond donors (Lipinski definition) is 0. The van der Waals surface area contributed by atoms with Crippen LogP contribution < -0.4 is 0 Å². The maximum absolute atomic E-state index is 5.66. The smallest absolute Gasteiger partial charge is 0.137 e. The molecule has 22 heavy (non-hydrogen) atoms. The summed E-state index contributed by atoms with van der Waals surface area (Å²) in [6, 6.07) is 16.1. The lowest BCUT2D eigenvalue weighted by atomic mass is 10.0. The highest BCUT2D eigenvalue weighted by Crippen LogP contribution is 2.16. The molecule has 2 heterocycles. The van der Waals surface area contributed by atoms with Crippen molar-refractivity contribution in [1.29, 1.82) is 0 Å². The lowest BCUT2D eigenvalue weighted by Crippen LogP contribution is -2.14. The maximum Gasteiger partial charge on any atom is 0.137 e. The number of aromatic nitrogens is 1. The van der Waals surface area contributed by atoms with Crippen LogP contribution in [0.2, 0.25) is 0 Å². The largest absolute Gasteiger partial charge is 0.392 e. The average Bonchev–Trinajstić information content (AvgIpc) is 2.96. The molecule has 0 radical (unpaired) electrons. The third-order valence-electron chi connectivity index (χ3n) is 3.39. The van der Waals surface area contributed by atoms with E-state index in [4.69, 9.17) is 9.57 Å². The van der Waals surface area contributed by atoms with Gasteiger partial charge in [0.2, 0.25) is 0 Å². The van der Waals surface area contributed by atoms with Gasteiger partial charge in [-0.1, -0.05) is 41.6 Å². The summed E-state index contributed by atoms with van der Waals surface area (Å²) in [7, 11) is 0. The van der Waals surface area contributed by atoms with Crippen LogP contribution in [0.15, 0.2) is 58.3 Å². The van der Waals surface area contributed by atoms with Crippen molar-refractivity contribution in [1.82, 2.24) is 4.98 Å². The van der Waals surface area contributed by atoms with Crippen LogP contribution in [0.25, 0.3) is 0 Å². The van der Waals surface area contributed by atoms with Crippen LogP contribution >= 0.6 is 15.9 Å². The first kappa shape index (κ1) is 15.2. The molecule has 1 unspecified atom stereocenters. The monoisotopic (exact) mass is 360 g/mol. The van der Waals surface area contributed by atoms with Crippen molar-refractivity contribution in [3.63, 3.8) is 0 Å². The third kappa shape index (κ3) is 4.39. The molecule has 1 aliphatic heterocycles. The molecule has 0 saturated heterocycles. The van der Waals surface area contributed by atoms with E-state index in [1.54, 1.807) is 0 Å². The Bertz CT molecular complexity index is 646. The Balaban J connectivity index is 1.41. The Kier molecular flexibility index (Phi) is 5.19. The zero-order valence-electron chi connectivity index (χ0n) is 12.1. The second-order valence-corrected chi connectivity index (χ2v) is 6.04. The number of nitrogens with zero attached hydrogens (tertiary/aromatic N) is 2. The van der Waals surface area contributed by atoms with Gasteiger partial charge in [0.25, 0.3) is 0 Å². The van der Waals surface area contributed by atoms with Gasteiger partial charge >= 0.3 is 0 Å². The van der Waals surface area contributed by atoms with E-state index in [2.05, 4.69) is 38.2 Å². The van der Waals surface area contributed by atoms with Gasteiger partial charge in [0.05, 0.1) is 24.6 Å². The first-order valence-corrected chi connectivity index (χ1v) is 8.03. The summed E-state index contributed by atoms with van der Waals surface area (Å²) in [4.78, 5) is 9.80. The summed E-state index contributed by atoms with van der Waals surface area (Å²) in [5, 5.41) is 4.12. The Morgan fingerprint density at radius 1 is 1.09 bits per heavy atom. The molecule has 2 aromatic rings. The third-order valence-corrected chi connectivity index (χ3v) is 3.83. The van der Waals surface area contributed by atoms with Crippen molar-refractivity contribution in [2.24, 2.45) is 5.16 Å². The van der Waals surface area contributed by atoms with Gasteiger partial charge in [-0.3, -0.25) is 0 Å². The minimum atomic E-state index is 0.116. The fourth-order valence-electron chi connectivity index (χ4n) is 2.36. The van der Waals surface area contributed by atoms with Crippen LogP contribution in [-0.4, -0.2) is 23.4 Å². The predicted octanol–water partition coefficient (Wildman–Crippen LogP) is 3.75. The second kappa shape index (κ2) is 7.51. The number of ether oxygens (including phenoxy) is 1. The zero-order valence-corrected chi connectivity index (χ0v) is 13.7. The van der Waals surface area contributed by atoms with Crippen molar-refractivity contribution in [3.8, 4) is 0 Å². The summed E-state index contributed by atoms with van der Waals surface area (Å²) < 4.78 is 6.48. The minimum Gasteiger partial charge on any atom is -0.392 e. The average molecular weight is 361 g/mol. The molecule has 4 nitrogen and oxygen atoms in total. The van der Waals surface area contributed by atoms with Crippen molar-refractivity contribution < 1.29 is 9.57 Å². The van der Waals surface area contributed by atoms with E-state index in [0.29, 0.717) is 13.2 Å². The number of hydrogen-bond acceptors (Lipinski definition) is 4. The van der Waals surface area contributed by atoms with Crippen LogP contribution in [0.3, 0.4) is 0 Å². The van der Waals surface area contributed by atoms with Crippen molar-refractivity contribution in [2.75, 3.05) is 6.61 Å². The SMILES string of the molecule is Brc1cccc(COCC2=NOC(Cc3ccccc3)C2)n1. The molecule has 0 fully saturated rings. The quantitative estimate of drug-likeness (QED) is 0.736. The number of benzene rings is 1. The van der Waals surface area contributed by atoms with E-state index < -0.39 is 0 Å². The fourth-order valence-corrected chi connectivity index (χ4v) is 2.74. The molecule has 5 heteroatoms. The first-order chi connectivity index (χ1) is 10.8. The number of rotatable bonds is 6. The molecule has 0 aliphatic carbocycles. The van der Waals surface area contributed by atoms with Crippen LogP contribution in [0.5, 0.6) is 0 Å². The molecule has 0 amide bonds. The van der Waals surface area contributed by atoms with Gasteiger partial charge in [0.15, 0.2) is 0 Å². The van der Waals surface area contributed by atoms with Gasteiger partial charge < -0.3 is 9.57 Å². The number of pyridine rings is 1. The fraction of sp³-hybridized carbons (Fsp3) is 0.294. The molecule has 3 rings (SSSR count). The van der Waals surface area contributed by atoms with E-state index in [9.17, 15) is 0 Å². The summed E-state index contributed by atoms with van der Waals surface area (Å²) in [6.07, 6.45) is 1.81. The highest BCUT2D eigenvalue weighted by molar-refractivity contribution is 9.10. The molecule has 0 saturated carbocycles. The van der Waals surface area contributed by atoms with Gasteiger partial charge in [-0.2, -0.15) is 0 Å². The zero-order chi connectivity index (χ0) is 15.2. The molecule has 1 aromatic carbocycles. The van der Waals surface area contributed by atoms with Gasteiger partial charge in [0, 0.05) is 12.8 Å². The molecule has 0 bridgehead atoms. The molecular formula is C17H17BrN2O2. The highest BCUT2D eigenvalue weighted by Gasteiger charge is 2.21. The van der Waals surface area contributed by atoms with E-state index in [-0.39, 0.29) is 6.10 Å². The Labute approximate surface area is 138 Å². The Hall–Kier alpha value is -1.72. The molecule has 1 aromatic heterocycles. The molecule has 114 valence electrons. The van der Waals surface area contributed by atoms with Crippen LogP contribution in [0.1, 0.15) is 17.7 Å². The topological polar surface area (TPSA) is 43.7 Å². The van der Waals surface area contributed by atoms with E-state index in [0.717, 1.165) is 28.9 Å². The van der Waals surface area contributed by atoms with Crippen molar-refractivity contribution in [3.05, 3.63) is 64.4 Å². The van der Waals surface area contributed by atoms with Crippen LogP contribution in [-0.2, 0) is 22.6 Å². The summed E-state index contributed by atoms with van der Waals surface area (Å²) in [5.74, 6) is 0. The second-order valence-electron chi connectivity index (χ2n) is 5.22. The lowest BCUT2D eigenvalue weighted by Gasteiger charge is -2.07. The normalized spacial score (nSPS) is 17.1. The number of halogens is 1. The highest BCUT2D eigenvalue weighted by atomic mass is 79.9. The minimum absolute atomic E-state index is 0.116. The van der Waals surface area contributed by atoms with Gasteiger partial charge in [-0.05, 0) is 33.6 Å². The van der Waals surface area contributed by atoms with Crippen molar-refractivity contribution in [2.45, 2.75) is 25.6 Å². The first-order valence-electron chi connectivity index (χ1n) is 7.24. The summed E-state index contributed by atoms with van der Waals surface area (Å²) >= 11 is 3.35. The van der Waals surface area contributed by atoms with Gasteiger partial charge in [-0.25, -0.2) is 4.98 Å². The molecule has 1 aliphatic rings. The predicted molar refractivity (Wildman–Crippen MR) is 88.7 cm³/mol. The summed E-state index contributed by atoms with van der Waals surface area (Å²) in [6.45, 7) is 0.960. The number of oxime groups is 1. The van der Waals surface area contributed by atoms with Gasteiger partial charge in [0.1, 0.15) is 10.7 Å². The van der Waals surface area contributed by atoms with E-state index >= 15 is 0 Å². The van der Waals surface area contributed by atoms with E-state index in [1.165, 1.54) is 5.56 Å². The molecule has 0 N–H and O–H groups in total. The van der Waals surface area contributed by atoms with Crippen LogP contribution in [0.4, 0.5) is 0 Å².